The topological polar surface area (TPSA) is 50.4 Å². The molecule has 2 aromatic rings. The maximum absolute atomic E-state index is 11.0. The predicted octanol–water partition coefficient (Wildman–Crippen LogP) is 4.35. The van der Waals surface area contributed by atoms with Crippen LogP contribution in [0.4, 0.5) is 11.4 Å². The quantitative estimate of drug-likeness (QED) is 0.560. The Balaban J connectivity index is 1.81. The molecule has 126 valence electrons. The largest absolute Gasteiger partial charge is 0.479 e. The van der Waals surface area contributed by atoms with Crippen LogP contribution in [0.5, 0.6) is 0 Å². The third-order valence-corrected chi connectivity index (χ3v) is 3.53. The maximum atomic E-state index is 11.0. The lowest BCUT2D eigenvalue weighted by Crippen LogP contribution is -2.05. The molecule has 0 aliphatic heterocycles. The minimum atomic E-state index is -0.0508. The Morgan fingerprint density at radius 3 is 1.88 bits per heavy atom. The van der Waals surface area contributed by atoms with Crippen LogP contribution in [0, 0.1) is 0 Å². The van der Waals surface area contributed by atoms with Crippen LogP contribution in [0.15, 0.2) is 60.9 Å². The molecule has 1 amide bonds. The fraction of sp³-hybridized carbons (Fsp3) is 0.250. The molecule has 0 saturated heterocycles. The van der Waals surface area contributed by atoms with Gasteiger partial charge in [-0.05, 0) is 55.2 Å². The van der Waals surface area contributed by atoms with E-state index >= 15 is 0 Å². The summed E-state index contributed by atoms with van der Waals surface area (Å²) in [5.41, 5.74) is 4.40. The van der Waals surface area contributed by atoms with Crippen LogP contribution in [-0.2, 0) is 22.4 Å². The second kappa shape index (κ2) is 8.77. The van der Waals surface area contributed by atoms with E-state index in [1.54, 1.807) is 0 Å². The Morgan fingerprint density at radius 1 is 0.917 bits per heavy atom. The normalized spacial score (nSPS) is 10.1. The van der Waals surface area contributed by atoms with Gasteiger partial charge < -0.3 is 15.4 Å². The molecule has 0 unspecified atom stereocenters. The van der Waals surface area contributed by atoms with Crippen molar-refractivity contribution in [2.75, 3.05) is 17.4 Å². The van der Waals surface area contributed by atoms with Crippen molar-refractivity contribution >= 4 is 17.3 Å². The van der Waals surface area contributed by atoms with Crippen LogP contribution in [0.1, 0.15) is 25.0 Å². The van der Waals surface area contributed by atoms with E-state index in [2.05, 4.69) is 53.6 Å². The third-order valence-electron chi connectivity index (χ3n) is 3.53. The van der Waals surface area contributed by atoms with Crippen molar-refractivity contribution in [2.24, 2.45) is 0 Å². The van der Waals surface area contributed by atoms with E-state index in [-0.39, 0.29) is 5.91 Å². The SMILES string of the molecule is C=C(C)OCNc1ccc(CCc2ccc(NC(C)=O)cc2)cc1. The minimum Gasteiger partial charge on any atom is -0.479 e. The molecule has 0 bridgehead atoms. The van der Waals surface area contributed by atoms with Crippen molar-refractivity contribution in [2.45, 2.75) is 26.7 Å². The monoisotopic (exact) mass is 324 g/mol. The second-order valence-electron chi connectivity index (χ2n) is 5.74. The smallest absolute Gasteiger partial charge is 0.221 e. The zero-order valence-corrected chi connectivity index (χ0v) is 14.3. The average Bonchev–Trinajstić information content (AvgIpc) is 2.54. The van der Waals surface area contributed by atoms with Gasteiger partial charge in [0, 0.05) is 18.3 Å². The lowest BCUT2D eigenvalue weighted by molar-refractivity contribution is -0.114. The van der Waals surface area contributed by atoms with Crippen molar-refractivity contribution < 1.29 is 9.53 Å². The highest BCUT2D eigenvalue weighted by molar-refractivity contribution is 5.88. The van der Waals surface area contributed by atoms with Gasteiger partial charge in [0.25, 0.3) is 0 Å². The molecular weight excluding hydrogens is 300 g/mol. The van der Waals surface area contributed by atoms with Crippen LogP contribution in [-0.4, -0.2) is 12.6 Å². The zero-order valence-electron chi connectivity index (χ0n) is 14.3. The summed E-state index contributed by atoms with van der Waals surface area (Å²) in [5, 5.41) is 5.96. The molecule has 0 radical (unpaired) electrons. The van der Waals surface area contributed by atoms with E-state index < -0.39 is 0 Å². The van der Waals surface area contributed by atoms with Crippen molar-refractivity contribution in [3.63, 3.8) is 0 Å². The number of carbonyl (C=O) groups excluding carboxylic acids is 1. The number of carbonyl (C=O) groups is 1. The van der Waals surface area contributed by atoms with Crippen molar-refractivity contribution in [3.8, 4) is 0 Å². The summed E-state index contributed by atoms with van der Waals surface area (Å²) < 4.78 is 5.28. The molecule has 2 aromatic carbocycles. The van der Waals surface area contributed by atoms with Gasteiger partial charge in [-0.1, -0.05) is 30.8 Å². The van der Waals surface area contributed by atoms with Crippen molar-refractivity contribution in [3.05, 3.63) is 72.0 Å². The fourth-order valence-corrected chi connectivity index (χ4v) is 2.28. The first-order valence-corrected chi connectivity index (χ1v) is 8.00. The molecule has 0 heterocycles. The Hall–Kier alpha value is -2.75. The van der Waals surface area contributed by atoms with Crippen LogP contribution >= 0.6 is 0 Å². The molecule has 4 heteroatoms. The molecule has 0 fully saturated rings. The number of nitrogens with one attached hydrogen (secondary N) is 2. The van der Waals surface area contributed by atoms with Gasteiger partial charge in [0.1, 0.15) is 0 Å². The molecule has 0 aliphatic carbocycles. The van der Waals surface area contributed by atoms with Crippen LogP contribution in [0.3, 0.4) is 0 Å². The number of amides is 1. The summed E-state index contributed by atoms with van der Waals surface area (Å²) >= 11 is 0. The highest BCUT2D eigenvalue weighted by Crippen LogP contribution is 2.14. The average molecular weight is 324 g/mol. The lowest BCUT2D eigenvalue weighted by atomic mass is 10.0. The van der Waals surface area contributed by atoms with Gasteiger partial charge in [-0.25, -0.2) is 0 Å². The number of anilines is 2. The Kier molecular flexibility index (Phi) is 6.43. The summed E-state index contributed by atoms with van der Waals surface area (Å²) in [7, 11) is 0. The molecule has 0 atom stereocenters. The summed E-state index contributed by atoms with van der Waals surface area (Å²) in [5.74, 6) is 0.647. The first kappa shape index (κ1) is 17.6. The number of hydrogen-bond donors (Lipinski definition) is 2. The first-order valence-electron chi connectivity index (χ1n) is 8.00. The van der Waals surface area contributed by atoms with Crippen molar-refractivity contribution in [1.29, 1.82) is 0 Å². The number of rotatable bonds is 8. The second-order valence-corrected chi connectivity index (χ2v) is 5.74. The number of benzene rings is 2. The predicted molar refractivity (Wildman–Crippen MR) is 99.0 cm³/mol. The zero-order chi connectivity index (χ0) is 17.4. The van der Waals surface area contributed by atoms with Gasteiger partial charge in [-0.2, -0.15) is 0 Å². The molecule has 0 saturated carbocycles. The fourth-order valence-electron chi connectivity index (χ4n) is 2.28. The molecule has 24 heavy (non-hydrogen) atoms. The van der Waals surface area contributed by atoms with E-state index in [0.29, 0.717) is 12.5 Å². The molecule has 0 spiro atoms. The molecule has 2 N–H and O–H groups in total. The number of hydrogen-bond acceptors (Lipinski definition) is 3. The van der Waals surface area contributed by atoms with Crippen molar-refractivity contribution in [1.82, 2.24) is 0 Å². The highest BCUT2D eigenvalue weighted by Gasteiger charge is 1.99. The van der Waals surface area contributed by atoms with Crippen LogP contribution < -0.4 is 10.6 Å². The number of allylic oxidation sites excluding steroid dienone is 1. The van der Waals surface area contributed by atoms with Crippen LogP contribution in [0.25, 0.3) is 0 Å². The molecule has 4 nitrogen and oxygen atoms in total. The molecule has 2 rings (SSSR count). The van der Waals surface area contributed by atoms with Gasteiger partial charge in [-0.15, -0.1) is 0 Å². The number of aryl methyl sites for hydroxylation is 2. The standard InChI is InChI=1S/C20H24N2O2/c1-15(2)24-14-21-19-10-6-17(7-11-19)4-5-18-8-12-20(13-9-18)22-16(3)23/h6-13,21H,1,4-5,14H2,2-3H3,(H,22,23). The van der Waals surface area contributed by atoms with Gasteiger partial charge in [0.2, 0.25) is 5.91 Å². The van der Waals surface area contributed by atoms with E-state index in [0.717, 1.165) is 24.2 Å². The molecule has 0 aliphatic rings. The van der Waals surface area contributed by atoms with E-state index in [9.17, 15) is 4.79 Å². The van der Waals surface area contributed by atoms with Gasteiger partial charge in [0.15, 0.2) is 6.73 Å². The van der Waals surface area contributed by atoms with Gasteiger partial charge >= 0.3 is 0 Å². The summed E-state index contributed by atoms with van der Waals surface area (Å²) in [6, 6.07) is 16.3. The van der Waals surface area contributed by atoms with Crippen LogP contribution in [0.2, 0.25) is 0 Å². The minimum absolute atomic E-state index is 0.0508. The summed E-state index contributed by atoms with van der Waals surface area (Å²) in [6.45, 7) is 7.45. The summed E-state index contributed by atoms with van der Waals surface area (Å²) in [4.78, 5) is 11.0. The number of ether oxygens (including phenoxy) is 1. The Bertz CT molecular complexity index is 676. The molecular formula is C20H24N2O2. The van der Waals surface area contributed by atoms with E-state index in [1.165, 1.54) is 18.1 Å². The van der Waals surface area contributed by atoms with E-state index in [4.69, 9.17) is 4.74 Å². The van der Waals surface area contributed by atoms with Gasteiger partial charge in [-0.3, -0.25) is 4.79 Å². The lowest BCUT2D eigenvalue weighted by Gasteiger charge is -2.09. The Labute approximate surface area is 143 Å². The summed E-state index contributed by atoms with van der Waals surface area (Å²) in [6.07, 6.45) is 1.94. The third kappa shape index (κ3) is 6.16. The highest BCUT2D eigenvalue weighted by atomic mass is 16.5. The maximum Gasteiger partial charge on any atom is 0.221 e. The Morgan fingerprint density at radius 2 is 1.42 bits per heavy atom. The van der Waals surface area contributed by atoms with E-state index in [1.807, 2.05) is 19.1 Å². The van der Waals surface area contributed by atoms with Gasteiger partial charge in [0.05, 0.1) is 5.76 Å². The molecule has 0 aromatic heterocycles. The first-order chi connectivity index (χ1) is 11.5.